The Morgan fingerprint density at radius 1 is 0.400 bits per heavy atom. The lowest BCUT2D eigenvalue weighted by atomic mass is 10.0. The summed E-state index contributed by atoms with van der Waals surface area (Å²) in [7, 11) is 0. The molecule has 5 aromatic rings. The van der Waals surface area contributed by atoms with Gasteiger partial charge in [-0.05, 0) is 58.7 Å². The Morgan fingerprint density at radius 3 is 1.40 bits per heavy atom. The van der Waals surface area contributed by atoms with Crippen LogP contribution < -0.4 is 0 Å². The zero-order chi connectivity index (χ0) is 20.3. The number of halogens is 1. The maximum Gasteiger partial charge on any atom is 0.0535 e. The summed E-state index contributed by atoms with van der Waals surface area (Å²) in [4.78, 5) is 0. The van der Waals surface area contributed by atoms with Crippen molar-refractivity contribution in [2.24, 2.45) is 0 Å². The van der Waals surface area contributed by atoms with Gasteiger partial charge in [-0.2, -0.15) is 0 Å². The van der Waals surface area contributed by atoms with E-state index in [1.54, 1.807) is 0 Å². The first-order valence-corrected chi connectivity index (χ1v) is 10.4. The largest absolute Gasteiger partial charge is 0.309 e. The van der Waals surface area contributed by atoms with Crippen molar-refractivity contribution in [3.8, 4) is 39.3 Å². The Balaban J connectivity index is 1.63. The molecule has 5 rings (SSSR count). The molecule has 30 heavy (non-hydrogen) atoms. The lowest BCUT2D eigenvalue weighted by Crippen LogP contribution is -1.99. The van der Waals surface area contributed by atoms with Gasteiger partial charge in [0.2, 0.25) is 0 Å². The van der Waals surface area contributed by atoms with E-state index >= 15 is 0 Å². The van der Waals surface area contributed by atoms with E-state index in [0.29, 0.717) is 0 Å². The molecule has 144 valence electrons. The van der Waals surface area contributed by atoms with Gasteiger partial charge >= 0.3 is 0 Å². The molecule has 1 aromatic heterocycles. The van der Waals surface area contributed by atoms with Crippen LogP contribution in [0, 0.1) is 0 Å². The highest BCUT2D eigenvalue weighted by atomic mass is 35.5. The second kappa shape index (κ2) is 8.06. The fourth-order valence-electron chi connectivity index (χ4n) is 3.83. The number of benzene rings is 4. The van der Waals surface area contributed by atoms with Crippen molar-refractivity contribution in [2.75, 3.05) is 0 Å². The van der Waals surface area contributed by atoms with Crippen LogP contribution in [0.4, 0.5) is 0 Å². The number of hydrogen-bond donors (Lipinski definition) is 0. The van der Waals surface area contributed by atoms with Crippen molar-refractivity contribution >= 4 is 11.6 Å². The van der Waals surface area contributed by atoms with E-state index in [0.717, 1.165) is 22.1 Å². The summed E-state index contributed by atoms with van der Waals surface area (Å²) in [6.07, 6.45) is 0. The molecule has 0 unspecified atom stereocenters. The lowest BCUT2D eigenvalue weighted by Gasteiger charge is -2.15. The Kier molecular flexibility index (Phi) is 4.96. The minimum absolute atomic E-state index is 0.737. The fraction of sp³-hybridized carbons (Fsp3) is 0. The summed E-state index contributed by atoms with van der Waals surface area (Å²) in [5, 5.41) is 0.737. The summed E-state index contributed by atoms with van der Waals surface area (Å²) >= 11 is 6.15. The molecule has 0 saturated carbocycles. The molecule has 0 aliphatic carbocycles. The average Bonchev–Trinajstić information content (AvgIpc) is 3.26. The molecule has 0 amide bonds. The Labute approximate surface area is 181 Å². The van der Waals surface area contributed by atoms with Crippen LogP contribution in [0.2, 0.25) is 5.02 Å². The minimum Gasteiger partial charge on any atom is -0.309 e. The first kappa shape index (κ1) is 18.5. The number of aromatic nitrogens is 1. The van der Waals surface area contributed by atoms with E-state index in [1.165, 1.54) is 22.3 Å². The zero-order valence-electron chi connectivity index (χ0n) is 16.4. The number of hydrogen-bond acceptors (Lipinski definition) is 0. The number of rotatable bonds is 4. The van der Waals surface area contributed by atoms with Crippen LogP contribution in [-0.4, -0.2) is 4.57 Å². The Hall–Kier alpha value is -3.55. The summed E-state index contributed by atoms with van der Waals surface area (Å²) in [5.41, 5.74) is 8.18. The molecular formula is C28H20ClN. The molecule has 0 bridgehead atoms. The van der Waals surface area contributed by atoms with Gasteiger partial charge in [-0.1, -0.05) is 96.5 Å². The van der Waals surface area contributed by atoms with E-state index in [2.05, 4.69) is 102 Å². The molecule has 1 heterocycles. The third-order valence-corrected chi connectivity index (χ3v) is 5.58. The molecule has 0 spiro atoms. The minimum atomic E-state index is 0.737. The summed E-state index contributed by atoms with van der Waals surface area (Å²) in [6.45, 7) is 0. The van der Waals surface area contributed by atoms with Crippen LogP contribution in [-0.2, 0) is 0 Å². The van der Waals surface area contributed by atoms with Crippen molar-refractivity contribution in [1.82, 2.24) is 4.57 Å². The first-order chi connectivity index (χ1) is 14.8. The fourth-order valence-corrected chi connectivity index (χ4v) is 3.95. The van der Waals surface area contributed by atoms with Gasteiger partial charge in [-0.3, -0.25) is 0 Å². The molecule has 0 atom stereocenters. The molecule has 2 heteroatoms. The molecule has 0 N–H and O–H groups in total. The first-order valence-electron chi connectivity index (χ1n) is 9.98. The summed E-state index contributed by atoms with van der Waals surface area (Å²) in [6, 6.07) is 42.1. The third kappa shape index (κ3) is 3.56. The highest BCUT2D eigenvalue weighted by molar-refractivity contribution is 6.30. The van der Waals surface area contributed by atoms with Gasteiger partial charge in [-0.25, -0.2) is 0 Å². The molecule has 1 nitrogen and oxygen atoms in total. The third-order valence-electron chi connectivity index (χ3n) is 5.32. The Morgan fingerprint density at radius 2 is 0.833 bits per heavy atom. The quantitative estimate of drug-likeness (QED) is 0.284. The van der Waals surface area contributed by atoms with Crippen molar-refractivity contribution in [3.05, 3.63) is 126 Å². The van der Waals surface area contributed by atoms with Crippen LogP contribution in [0.3, 0.4) is 0 Å². The van der Waals surface area contributed by atoms with E-state index in [-0.39, 0.29) is 0 Å². The Bertz CT molecular complexity index is 1250. The predicted octanol–water partition coefficient (Wildman–Crippen LogP) is 8.13. The maximum atomic E-state index is 6.15. The van der Waals surface area contributed by atoms with Gasteiger partial charge in [0.1, 0.15) is 0 Å². The molecule has 0 aliphatic heterocycles. The van der Waals surface area contributed by atoms with Crippen LogP contribution in [0.15, 0.2) is 121 Å². The molecule has 0 fully saturated rings. The highest BCUT2D eigenvalue weighted by Crippen LogP contribution is 2.33. The van der Waals surface area contributed by atoms with Crippen LogP contribution in [0.25, 0.3) is 39.3 Å². The predicted molar refractivity (Wildman–Crippen MR) is 127 cm³/mol. The van der Waals surface area contributed by atoms with E-state index in [1.807, 2.05) is 24.3 Å². The zero-order valence-corrected chi connectivity index (χ0v) is 17.1. The average molecular weight is 406 g/mol. The van der Waals surface area contributed by atoms with E-state index in [4.69, 9.17) is 11.6 Å². The molecule has 0 radical (unpaired) electrons. The van der Waals surface area contributed by atoms with Gasteiger partial charge < -0.3 is 4.57 Å². The van der Waals surface area contributed by atoms with E-state index < -0.39 is 0 Å². The van der Waals surface area contributed by atoms with Gasteiger partial charge in [0.25, 0.3) is 0 Å². The second-order valence-corrected chi connectivity index (χ2v) is 7.66. The van der Waals surface area contributed by atoms with E-state index in [9.17, 15) is 0 Å². The van der Waals surface area contributed by atoms with Crippen molar-refractivity contribution in [2.45, 2.75) is 0 Å². The molecule has 0 saturated heterocycles. The lowest BCUT2D eigenvalue weighted by molar-refractivity contribution is 1.09. The van der Waals surface area contributed by atoms with Crippen LogP contribution >= 0.6 is 11.6 Å². The van der Waals surface area contributed by atoms with Crippen LogP contribution in [0.5, 0.6) is 0 Å². The topological polar surface area (TPSA) is 4.93 Å². The molecule has 0 aliphatic rings. The van der Waals surface area contributed by atoms with Crippen molar-refractivity contribution in [1.29, 1.82) is 0 Å². The van der Waals surface area contributed by atoms with Crippen LogP contribution in [0.1, 0.15) is 0 Å². The standard InChI is InChI=1S/C28H20ClN/c29-25-15-17-26(18-16-25)30-27(23-9-5-2-6-10-23)19-20-28(30)24-13-11-22(12-14-24)21-7-3-1-4-8-21/h1-20H. The summed E-state index contributed by atoms with van der Waals surface area (Å²) < 4.78 is 2.29. The molecule has 4 aromatic carbocycles. The second-order valence-electron chi connectivity index (χ2n) is 7.23. The number of nitrogens with zero attached hydrogens (tertiary/aromatic N) is 1. The van der Waals surface area contributed by atoms with Crippen molar-refractivity contribution in [3.63, 3.8) is 0 Å². The van der Waals surface area contributed by atoms with Gasteiger partial charge in [0.05, 0.1) is 11.4 Å². The monoisotopic (exact) mass is 405 g/mol. The highest BCUT2D eigenvalue weighted by Gasteiger charge is 2.13. The smallest absolute Gasteiger partial charge is 0.0535 e. The summed E-state index contributed by atoms with van der Waals surface area (Å²) in [5.74, 6) is 0. The maximum absolute atomic E-state index is 6.15. The van der Waals surface area contributed by atoms with Crippen molar-refractivity contribution < 1.29 is 0 Å². The molecular weight excluding hydrogens is 386 g/mol. The van der Waals surface area contributed by atoms with Gasteiger partial charge in [0.15, 0.2) is 0 Å². The normalized spacial score (nSPS) is 10.8. The van der Waals surface area contributed by atoms with Gasteiger partial charge in [0, 0.05) is 10.7 Å². The van der Waals surface area contributed by atoms with Gasteiger partial charge in [-0.15, -0.1) is 0 Å². The SMILES string of the molecule is Clc1ccc(-n2c(-c3ccccc3)ccc2-c2ccc(-c3ccccc3)cc2)cc1.